The van der Waals surface area contributed by atoms with Crippen molar-refractivity contribution >= 4 is 46.6 Å². The highest BCUT2D eigenvalue weighted by molar-refractivity contribution is 14.0. The van der Waals surface area contributed by atoms with Crippen molar-refractivity contribution in [2.75, 3.05) is 6.26 Å². The molecule has 0 atom stereocenters. The molecular formula is C8H11IN2OS. The molecular weight excluding hydrogens is 299 g/mol. The van der Waals surface area contributed by atoms with E-state index in [4.69, 9.17) is 10.8 Å². The van der Waals surface area contributed by atoms with Gasteiger partial charge in [-0.05, 0) is 18.4 Å². The number of hydrogen-bond donors (Lipinski definition) is 2. The normalized spacial score (nSPS) is 10.7. The van der Waals surface area contributed by atoms with Crippen molar-refractivity contribution in [3.05, 3.63) is 24.3 Å². The summed E-state index contributed by atoms with van der Waals surface area (Å²) in [6.45, 7) is 0. The van der Waals surface area contributed by atoms with Crippen LogP contribution in [-0.4, -0.2) is 16.5 Å². The molecule has 1 rings (SSSR count). The van der Waals surface area contributed by atoms with Crippen LogP contribution in [0.4, 0.5) is 5.69 Å². The van der Waals surface area contributed by atoms with E-state index in [0.29, 0.717) is 10.9 Å². The lowest BCUT2D eigenvalue weighted by atomic mass is 10.3. The van der Waals surface area contributed by atoms with Gasteiger partial charge in [-0.3, -0.25) is 0 Å². The van der Waals surface area contributed by atoms with E-state index in [2.05, 4.69) is 4.99 Å². The van der Waals surface area contributed by atoms with Crippen LogP contribution < -0.4 is 5.73 Å². The topological polar surface area (TPSA) is 58.6 Å². The number of halogens is 1. The van der Waals surface area contributed by atoms with Gasteiger partial charge >= 0.3 is 0 Å². The molecule has 0 aromatic heterocycles. The molecule has 0 fully saturated rings. The smallest absolute Gasteiger partial charge is 0.158 e. The van der Waals surface area contributed by atoms with E-state index in [0.717, 1.165) is 0 Å². The van der Waals surface area contributed by atoms with Crippen LogP contribution in [0, 0.1) is 0 Å². The predicted molar refractivity (Wildman–Crippen MR) is 68.3 cm³/mol. The third kappa shape index (κ3) is 4.37. The van der Waals surface area contributed by atoms with Gasteiger partial charge in [0.15, 0.2) is 5.17 Å². The third-order valence-corrected chi connectivity index (χ3v) is 1.79. The molecule has 13 heavy (non-hydrogen) atoms. The van der Waals surface area contributed by atoms with Gasteiger partial charge in [0.25, 0.3) is 0 Å². The lowest BCUT2D eigenvalue weighted by molar-refractivity contribution is 0.475. The van der Waals surface area contributed by atoms with E-state index in [1.165, 1.54) is 11.8 Å². The molecule has 3 N–H and O–H groups in total. The van der Waals surface area contributed by atoms with Crippen LogP contribution >= 0.6 is 35.7 Å². The second-order valence-electron chi connectivity index (χ2n) is 2.17. The summed E-state index contributed by atoms with van der Waals surface area (Å²) in [7, 11) is 0. The van der Waals surface area contributed by atoms with E-state index < -0.39 is 0 Å². The number of thioether (sulfide) groups is 1. The summed E-state index contributed by atoms with van der Waals surface area (Å²) in [6, 6.07) is 6.65. The second kappa shape index (κ2) is 6.09. The van der Waals surface area contributed by atoms with Crippen molar-refractivity contribution in [2.24, 2.45) is 10.7 Å². The van der Waals surface area contributed by atoms with E-state index >= 15 is 0 Å². The Kier molecular flexibility index (Phi) is 5.89. The predicted octanol–water partition coefficient (Wildman–Crippen LogP) is 2.32. The van der Waals surface area contributed by atoms with Gasteiger partial charge in [-0.25, -0.2) is 4.99 Å². The molecule has 0 radical (unpaired) electrons. The summed E-state index contributed by atoms with van der Waals surface area (Å²) in [5, 5.41) is 9.57. The number of nitrogens with two attached hydrogens (primary N) is 1. The van der Waals surface area contributed by atoms with Crippen molar-refractivity contribution in [2.45, 2.75) is 0 Å². The first-order valence-electron chi connectivity index (χ1n) is 3.39. The van der Waals surface area contributed by atoms with Crippen molar-refractivity contribution in [3.8, 4) is 5.75 Å². The van der Waals surface area contributed by atoms with Crippen LogP contribution in [0.15, 0.2) is 29.3 Å². The lowest BCUT2D eigenvalue weighted by Gasteiger charge is -1.96. The highest BCUT2D eigenvalue weighted by atomic mass is 127. The maximum absolute atomic E-state index is 9.08. The van der Waals surface area contributed by atoms with Crippen LogP contribution in [0.3, 0.4) is 0 Å². The molecule has 0 aliphatic heterocycles. The average molecular weight is 310 g/mol. The summed E-state index contributed by atoms with van der Waals surface area (Å²) in [5.41, 5.74) is 6.15. The van der Waals surface area contributed by atoms with Gasteiger partial charge < -0.3 is 10.8 Å². The fraction of sp³-hybridized carbons (Fsp3) is 0.125. The number of nitrogens with zero attached hydrogens (tertiary/aromatic N) is 1. The summed E-state index contributed by atoms with van der Waals surface area (Å²) >= 11 is 1.37. The standard InChI is InChI=1S/C8H10N2OS.HI/c1-12-8(9)10-6-3-2-4-7(11)5-6;/h2-5,11H,1H3,(H2,9,10);1H. The first-order chi connectivity index (χ1) is 5.72. The van der Waals surface area contributed by atoms with Gasteiger partial charge in [0, 0.05) is 6.07 Å². The SMILES string of the molecule is CSC(N)=Nc1cccc(O)c1.I. The maximum Gasteiger partial charge on any atom is 0.158 e. The molecule has 5 heteroatoms. The Balaban J connectivity index is 0.00000144. The number of hydrogen-bond acceptors (Lipinski definition) is 3. The van der Waals surface area contributed by atoms with Gasteiger partial charge in [0.1, 0.15) is 5.75 Å². The molecule has 1 aromatic carbocycles. The van der Waals surface area contributed by atoms with Gasteiger partial charge in [-0.2, -0.15) is 0 Å². The van der Waals surface area contributed by atoms with Crippen molar-refractivity contribution in [1.29, 1.82) is 0 Å². The number of aliphatic imine (C=N–C) groups is 1. The molecule has 0 spiro atoms. The molecule has 0 unspecified atom stereocenters. The highest BCUT2D eigenvalue weighted by Gasteiger charge is 1.92. The molecule has 0 heterocycles. The molecule has 3 nitrogen and oxygen atoms in total. The fourth-order valence-corrected chi connectivity index (χ4v) is 0.932. The fourth-order valence-electron chi connectivity index (χ4n) is 0.735. The summed E-state index contributed by atoms with van der Waals surface area (Å²) < 4.78 is 0. The Morgan fingerprint density at radius 3 is 2.77 bits per heavy atom. The zero-order chi connectivity index (χ0) is 8.97. The Morgan fingerprint density at radius 2 is 2.23 bits per heavy atom. The maximum atomic E-state index is 9.08. The first kappa shape index (κ1) is 12.6. The summed E-state index contributed by atoms with van der Waals surface area (Å²) in [4.78, 5) is 4.04. The molecule has 0 bridgehead atoms. The number of phenols is 1. The van der Waals surface area contributed by atoms with E-state index in [9.17, 15) is 0 Å². The Labute approximate surface area is 98.5 Å². The summed E-state index contributed by atoms with van der Waals surface area (Å²) in [5.74, 6) is 0.199. The zero-order valence-corrected chi connectivity index (χ0v) is 10.2. The number of phenolic OH excluding ortho intramolecular Hbond substituents is 1. The number of aromatic hydroxyl groups is 1. The van der Waals surface area contributed by atoms with Gasteiger partial charge in [-0.1, -0.05) is 17.8 Å². The molecule has 0 saturated carbocycles. The van der Waals surface area contributed by atoms with Crippen LogP contribution in [0.25, 0.3) is 0 Å². The minimum absolute atomic E-state index is 0. The zero-order valence-electron chi connectivity index (χ0n) is 7.10. The highest BCUT2D eigenvalue weighted by Crippen LogP contribution is 2.18. The minimum Gasteiger partial charge on any atom is -0.508 e. The van der Waals surface area contributed by atoms with Crippen molar-refractivity contribution in [1.82, 2.24) is 0 Å². The van der Waals surface area contributed by atoms with E-state index in [1.54, 1.807) is 24.3 Å². The molecule has 1 aromatic rings. The monoisotopic (exact) mass is 310 g/mol. The molecule has 0 amide bonds. The summed E-state index contributed by atoms with van der Waals surface area (Å²) in [6.07, 6.45) is 1.85. The Bertz CT molecular complexity index is 304. The lowest BCUT2D eigenvalue weighted by Crippen LogP contribution is -2.03. The third-order valence-electron chi connectivity index (χ3n) is 1.28. The van der Waals surface area contributed by atoms with Crippen molar-refractivity contribution < 1.29 is 5.11 Å². The molecule has 0 aliphatic rings. The van der Waals surface area contributed by atoms with Crippen molar-refractivity contribution in [3.63, 3.8) is 0 Å². The van der Waals surface area contributed by atoms with E-state index in [1.807, 2.05) is 6.26 Å². The van der Waals surface area contributed by atoms with Gasteiger partial charge in [-0.15, -0.1) is 24.0 Å². The average Bonchev–Trinajstić information content (AvgIpc) is 2.04. The largest absolute Gasteiger partial charge is 0.508 e. The quantitative estimate of drug-likeness (QED) is 0.475. The Hall–Kier alpha value is -0.430. The Morgan fingerprint density at radius 1 is 1.54 bits per heavy atom. The minimum atomic E-state index is 0. The van der Waals surface area contributed by atoms with Crippen LogP contribution in [0.1, 0.15) is 0 Å². The number of amidine groups is 1. The van der Waals surface area contributed by atoms with Gasteiger partial charge in [0.2, 0.25) is 0 Å². The number of benzene rings is 1. The molecule has 0 saturated heterocycles. The van der Waals surface area contributed by atoms with Gasteiger partial charge in [0.05, 0.1) is 5.69 Å². The van der Waals surface area contributed by atoms with Crippen LogP contribution in [0.5, 0.6) is 5.75 Å². The number of rotatable bonds is 1. The molecule has 0 aliphatic carbocycles. The second-order valence-corrected chi connectivity index (χ2v) is 3.00. The van der Waals surface area contributed by atoms with Crippen LogP contribution in [0.2, 0.25) is 0 Å². The van der Waals surface area contributed by atoms with Crippen LogP contribution in [-0.2, 0) is 0 Å². The first-order valence-corrected chi connectivity index (χ1v) is 4.62. The van der Waals surface area contributed by atoms with E-state index in [-0.39, 0.29) is 29.7 Å². The molecule has 72 valence electrons.